The number of aliphatic carboxylic acids is 1. The van der Waals surface area contributed by atoms with Gasteiger partial charge in [0.25, 0.3) is 0 Å². The number of ether oxygens (including phenoxy) is 11. The number of carbonyl (C=O) groups is 3. The fourth-order valence-corrected chi connectivity index (χ4v) is 17.7. The van der Waals surface area contributed by atoms with Gasteiger partial charge in [0.05, 0.1) is 58.0 Å². The number of aliphatic hydroxyl groups excluding tert-OH is 14. The Morgan fingerprint density at radius 3 is 1.92 bits per heavy atom. The highest BCUT2D eigenvalue weighted by Crippen LogP contribution is 2.76. The maximum absolute atomic E-state index is 15.6. The number of hydrogen-bond donors (Lipinski definition) is 16. The molecule has 10 aliphatic rings. The average Bonchev–Trinajstić information content (AvgIpc) is 1.54. The van der Waals surface area contributed by atoms with Gasteiger partial charge in [-0.05, 0) is 97.7 Å². The van der Waals surface area contributed by atoms with Gasteiger partial charge in [-0.2, -0.15) is 0 Å². The van der Waals surface area contributed by atoms with Gasteiger partial charge in [0, 0.05) is 6.92 Å². The molecular formula is C59H92O30. The lowest BCUT2D eigenvalue weighted by Gasteiger charge is -2.72. The molecule has 4 saturated carbocycles. The van der Waals surface area contributed by atoms with Crippen molar-refractivity contribution in [2.75, 3.05) is 39.6 Å². The molecule has 0 spiro atoms. The molecule has 30 heteroatoms. The van der Waals surface area contributed by atoms with Crippen LogP contribution in [0, 0.1) is 50.2 Å². The van der Waals surface area contributed by atoms with Gasteiger partial charge in [-0.3, -0.25) is 14.4 Å². The van der Waals surface area contributed by atoms with Crippen LogP contribution in [-0.2, 0) is 66.5 Å². The molecule has 10 rings (SSSR count). The van der Waals surface area contributed by atoms with Crippen molar-refractivity contribution < 1.29 is 148 Å². The summed E-state index contributed by atoms with van der Waals surface area (Å²) in [5.74, 6) is -5.40. The van der Waals surface area contributed by atoms with E-state index in [9.17, 15) is 91.3 Å². The number of aliphatic hydroxyl groups is 15. The van der Waals surface area contributed by atoms with E-state index < -0.39 is 255 Å². The van der Waals surface area contributed by atoms with Crippen molar-refractivity contribution in [2.45, 2.75) is 247 Å². The molecule has 0 amide bonds. The Morgan fingerprint density at radius 2 is 1.28 bits per heavy atom. The Labute approximate surface area is 513 Å². The minimum Gasteiger partial charge on any atom is -0.481 e. The summed E-state index contributed by atoms with van der Waals surface area (Å²) in [6.45, 7) is 8.12. The number of esters is 2. The molecule has 30 nitrogen and oxygen atoms in total. The van der Waals surface area contributed by atoms with Crippen molar-refractivity contribution in [1.82, 2.24) is 0 Å². The summed E-state index contributed by atoms with van der Waals surface area (Å²) in [5, 5.41) is 177. The molecule has 89 heavy (non-hydrogen) atoms. The zero-order chi connectivity index (χ0) is 65.2. The SMILES string of the molecule is CC(=O)O[C@H]1[C@H](O[C@H]2[C@H](OC(=O)[C@]34CCC(C)(C)C[C@H]3C3=CC[C@@H]5[C@@]6(C)C[C@H](O)[C@H](O[C@@H]7O[C@H](CO)[C@@H](O)[C@H](O)[C@H]7O)[C@](CO)(C(=O)O)[C@@H]6CC[C@@]5(C)[C@]3(C)C[C@H]4O)OC[C@H](O)[C@@H]2O)O[C@@H](C)[C@H](O[C@@H]2OC[C@@H](O)[C@H](O[C@@H]3OC[C@](O)(CO)[C@H]3O)[C@H]2O)[C@H]1O. The number of allylic oxidation sites excluding steroid dienone is 2. The van der Waals surface area contributed by atoms with E-state index in [4.69, 9.17) is 52.1 Å². The van der Waals surface area contributed by atoms with Crippen molar-refractivity contribution in [1.29, 1.82) is 0 Å². The van der Waals surface area contributed by atoms with Gasteiger partial charge in [-0.25, -0.2) is 0 Å². The third-order valence-electron chi connectivity index (χ3n) is 22.8. The van der Waals surface area contributed by atoms with Crippen molar-refractivity contribution >= 4 is 17.9 Å². The molecule has 5 saturated heterocycles. The van der Waals surface area contributed by atoms with Crippen molar-refractivity contribution in [3.05, 3.63) is 11.6 Å². The average molecular weight is 1280 g/mol. The molecule has 0 aromatic heterocycles. The lowest BCUT2D eigenvalue weighted by molar-refractivity contribution is -0.372. The number of carbonyl (C=O) groups excluding carboxylic acids is 2. The van der Waals surface area contributed by atoms with Crippen LogP contribution in [0.15, 0.2) is 11.6 Å². The third-order valence-corrected chi connectivity index (χ3v) is 22.8. The maximum atomic E-state index is 15.6. The molecular weight excluding hydrogens is 1190 g/mol. The van der Waals surface area contributed by atoms with Gasteiger partial charge >= 0.3 is 17.9 Å². The molecule has 0 aromatic rings. The van der Waals surface area contributed by atoms with Gasteiger partial charge in [-0.1, -0.05) is 46.3 Å². The first-order valence-corrected chi connectivity index (χ1v) is 30.8. The van der Waals surface area contributed by atoms with E-state index in [2.05, 4.69) is 6.92 Å². The molecule has 9 fully saturated rings. The Hall–Kier alpha value is -2.81. The van der Waals surface area contributed by atoms with Crippen molar-refractivity contribution in [3.8, 4) is 0 Å². The smallest absolute Gasteiger partial charge is 0.317 e. The van der Waals surface area contributed by atoms with Crippen LogP contribution in [0.4, 0.5) is 0 Å². The molecule has 5 aliphatic carbocycles. The van der Waals surface area contributed by atoms with Crippen LogP contribution in [0.1, 0.15) is 99.8 Å². The molecule has 32 atom stereocenters. The van der Waals surface area contributed by atoms with E-state index in [0.29, 0.717) is 25.7 Å². The molecule has 0 unspecified atom stereocenters. The minimum atomic E-state index is -2.22. The molecule has 0 aromatic carbocycles. The second-order valence-electron chi connectivity index (χ2n) is 28.4. The van der Waals surface area contributed by atoms with Gasteiger partial charge in [0.1, 0.15) is 95.8 Å². The Balaban J connectivity index is 0.893. The number of hydrogen-bond acceptors (Lipinski definition) is 29. The standard InChI is InChI=1S/C59H92O30/c1-23-40(85-46-39(73)41(29(66)19-79-46)86-50-44(74)57(78,20-61)22-81-50)38(72)43(83-24(2)63)49(82-23)87-42-34(68)28(65)18-80-48(42)89-52(77)58-13-12-53(3,4)14-26(58)25-8-9-31-54(5)15-27(64)45(88-47-37(71)36(70)35(69)30(17-60)84-47)59(21-62,51(75)76)32(54)10-11-55(31,6)56(25,7)16-33(58)67/h8,23,26-50,60-62,64-74,78H,9-22H2,1-7H3,(H,75,76)/t23-,26-,27-,28-,29+,30+,31+,32+,33+,34-,35+,36-,37+,38+,39+,40-,41-,42+,43+,44-,45-,46-,47-,48-,49-,50-,54+,55+,56+,57+,58+,59+/m0/s1. The first-order valence-electron chi connectivity index (χ1n) is 30.8. The molecule has 16 N–H and O–H groups in total. The van der Waals surface area contributed by atoms with Crippen molar-refractivity contribution in [3.63, 3.8) is 0 Å². The minimum absolute atomic E-state index is 0.00984. The van der Waals surface area contributed by atoms with Gasteiger partial charge in [-0.15, -0.1) is 0 Å². The third kappa shape index (κ3) is 11.2. The summed E-state index contributed by atoms with van der Waals surface area (Å²) < 4.78 is 64.4. The highest BCUT2D eigenvalue weighted by molar-refractivity contribution is 5.80. The van der Waals surface area contributed by atoms with Gasteiger partial charge in [0.2, 0.25) is 6.29 Å². The molecule has 5 heterocycles. The molecule has 508 valence electrons. The van der Waals surface area contributed by atoms with E-state index >= 15 is 4.79 Å². The van der Waals surface area contributed by atoms with Crippen LogP contribution in [0.2, 0.25) is 0 Å². The fourth-order valence-electron chi connectivity index (χ4n) is 17.7. The summed E-state index contributed by atoms with van der Waals surface area (Å²) in [6, 6.07) is 0. The Morgan fingerprint density at radius 1 is 0.618 bits per heavy atom. The monoisotopic (exact) mass is 1280 g/mol. The first-order chi connectivity index (χ1) is 41.6. The number of fused-ring (bicyclic) bond motifs is 7. The zero-order valence-electron chi connectivity index (χ0n) is 50.9. The van der Waals surface area contributed by atoms with Crippen LogP contribution in [0.25, 0.3) is 0 Å². The predicted octanol–water partition coefficient (Wildman–Crippen LogP) is -4.72. The van der Waals surface area contributed by atoms with Crippen LogP contribution >= 0.6 is 0 Å². The van der Waals surface area contributed by atoms with E-state index in [1.165, 1.54) is 6.92 Å². The Kier molecular flexibility index (Phi) is 19.4. The number of rotatable bonds is 15. The number of carboxylic acid groups (broad SMARTS) is 1. The summed E-state index contributed by atoms with van der Waals surface area (Å²) in [7, 11) is 0. The number of carboxylic acids is 1. The first kappa shape index (κ1) is 69.0. The van der Waals surface area contributed by atoms with E-state index in [0.717, 1.165) is 12.5 Å². The molecule has 0 radical (unpaired) electrons. The van der Waals surface area contributed by atoms with Crippen LogP contribution in [-0.4, -0.2) is 286 Å². The normalized spacial score (nSPS) is 53.0. The zero-order valence-corrected chi connectivity index (χ0v) is 50.9. The highest BCUT2D eigenvalue weighted by atomic mass is 16.8. The Bertz CT molecular complexity index is 2590. The van der Waals surface area contributed by atoms with Crippen molar-refractivity contribution in [2.24, 2.45) is 50.2 Å². The van der Waals surface area contributed by atoms with Gasteiger partial charge in [0.15, 0.2) is 37.4 Å². The summed E-state index contributed by atoms with van der Waals surface area (Å²) in [5.41, 5.74) is -8.30. The van der Waals surface area contributed by atoms with Crippen LogP contribution in [0.3, 0.4) is 0 Å². The van der Waals surface area contributed by atoms with Crippen LogP contribution < -0.4 is 0 Å². The molecule has 5 aliphatic heterocycles. The summed E-state index contributed by atoms with van der Waals surface area (Å²) in [4.78, 5) is 42.1. The second-order valence-corrected chi connectivity index (χ2v) is 28.4. The fraction of sp³-hybridized carbons (Fsp3) is 0.915. The highest BCUT2D eigenvalue weighted by Gasteiger charge is 2.75. The van der Waals surface area contributed by atoms with E-state index in [-0.39, 0.29) is 25.7 Å². The van der Waals surface area contributed by atoms with E-state index in [1.54, 1.807) is 0 Å². The van der Waals surface area contributed by atoms with Gasteiger partial charge < -0.3 is 134 Å². The molecule has 0 bridgehead atoms. The lowest BCUT2D eigenvalue weighted by atomic mass is 9.33. The quantitative estimate of drug-likeness (QED) is 0.0416. The maximum Gasteiger partial charge on any atom is 0.317 e. The van der Waals surface area contributed by atoms with Crippen LogP contribution in [0.5, 0.6) is 0 Å². The summed E-state index contributed by atoms with van der Waals surface area (Å²) >= 11 is 0. The largest absolute Gasteiger partial charge is 0.481 e. The topological polar surface area (TPSA) is 476 Å². The lowest BCUT2D eigenvalue weighted by Crippen LogP contribution is -2.72. The predicted molar refractivity (Wildman–Crippen MR) is 292 cm³/mol. The second kappa shape index (κ2) is 25.1. The summed E-state index contributed by atoms with van der Waals surface area (Å²) in [6.07, 6.45) is -35.6. The van der Waals surface area contributed by atoms with E-state index in [1.807, 2.05) is 33.8 Å².